The highest BCUT2D eigenvalue weighted by Crippen LogP contribution is 2.23. The van der Waals surface area contributed by atoms with Gasteiger partial charge in [-0.3, -0.25) is 9.59 Å². The molecule has 5 nitrogen and oxygen atoms in total. The van der Waals surface area contributed by atoms with Crippen LogP contribution in [0.5, 0.6) is 0 Å². The number of ketones is 1. The first-order valence-corrected chi connectivity index (χ1v) is 11.1. The van der Waals surface area contributed by atoms with Gasteiger partial charge in [-0.1, -0.05) is 33.1 Å². The predicted molar refractivity (Wildman–Crippen MR) is 113 cm³/mol. The minimum atomic E-state index is -0.00614. The van der Waals surface area contributed by atoms with Crippen LogP contribution in [0, 0.1) is 11.8 Å². The Labute approximate surface area is 169 Å². The second-order valence-corrected chi connectivity index (χ2v) is 8.81. The number of pyridine rings is 1. The highest BCUT2D eigenvalue weighted by atomic mass is 16.2. The maximum absolute atomic E-state index is 12.9. The van der Waals surface area contributed by atoms with E-state index < -0.39 is 0 Å². The zero-order chi connectivity index (χ0) is 19.9. The summed E-state index contributed by atoms with van der Waals surface area (Å²) in [6.07, 6.45) is 10.5. The van der Waals surface area contributed by atoms with Crippen molar-refractivity contribution < 1.29 is 9.59 Å². The van der Waals surface area contributed by atoms with E-state index in [4.69, 9.17) is 0 Å². The molecule has 0 spiro atoms. The summed E-state index contributed by atoms with van der Waals surface area (Å²) in [5.74, 6) is 1.65. The van der Waals surface area contributed by atoms with E-state index in [0.29, 0.717) is 30.2 Å². The summed E-state index contributed by atoms with van der Waals surface area (Å²) < 4.78 is 0. The Morgan fingerprint density at radius 3 is 2.39 bits per heavy atom. The van der Waals surface area contributed by atoms with Crippen LogP contribution in [0.3, 0.4) is 0 Å². The number of piperidine rings is 1. The number of aromatic nitrogens is 1. The monoisotopic (exact) mass is 385 g/mol. The van der Waals surface area contributed by atoms with Crippen molar-refractivity contribution in [2.45, 2.75) is 65.2 Å². The van der Waals surface area contributed by atoms with E-state index in [-0.39, 0.29) is 11.8 Å². The van der Waals surface area contributed by atoms with Crippen LogP contribution in [0.15, 0.2) is 18.3 Å². The van der Waals surface area contributed by atoms with Gasteiger partial charge in [-0.15, -0.1) is 0 Å². The molecule has 0 aliphatic carbocycles. The second-order valence-electron chi connectivity index (χ2n) is 8.81. The van der Waals surface area contributed by atoms with Gasteiger partial charge in [0.05, 0.1) is 5.56 Å². The zero-order valence-electron chi connectivity index (χ0n) is 17.5. The minimum Gasteiger partial charge on any atom is -0.357 e. The Kier molecular flexibility index (Phi) is 7.46. The molecule has 1 amide bonds. The van der Waals surface area contributed by atoms with Crippen LogP contribution in [0.2, 0.25) is 0 Å². The third-order valence-electron chi connectivity index (χ3n) is 5.95. The molecule has 3 rings (SSSR count). The molecule has 0 aromatic carbocycles. The molecule has 154 valence electrons. The molecule has 3 heterocycles. The molecule has 2 saturated heterocycles. The van der Waals surface area contributed by atoms with Gasteiger partial charge in [0, 0.05) is 44.7 Å². The number of hydrogen-bond donors (Lipinski definition) is 0. The van der Waals surface area contributed by atoms with E-state index in [1.807, 2.05) is 17.0 Å². The first-order chi connectivity index (χ1) is 13.5. The molecule has 28 heavy (non-hydrogen) atoms. The van der Waals surface area contributed by atoms with Gasteiger partial charge in [0.2, 0.25) is 0 Å². The molecule has 5 heteroatoms. The third-order valence-corrected chi connectivity index (χ3v) is 5.95. The van der Waals surface area contributed by atoms with Crippen LogP contribution in [-0.2, 0) is 4.79 Å². The standard InChI is InChI=1S/C23H35N3O2/c1-18(2)15-21(27)20-9-8-14-26(17-20)23(28)19-10-11-22(24-16-19)25-12-6-4-3-5-7-13-25/h10-11,16,18,20H,3-9,12-15,17H2,1-2H3/t20-/m1/s1. The number of Topliss-reactive ketones (excluding diaryl/α,β-unsaturated/α-hetero) is 1. The van der Waals surface area contributed by atoms with Crippen LogP contribution >= 0.6 is 0 Å². The number of hydrogen-bond acceptors (Lipinski definition) is 4. The summed E-state index contributed by atoms with van der Waals surface area (Å²) in [5, 5.41) is 0. The molecule has 1 aromatic rings. The molecule has 2 aliphatic rings. The molecule has 2 aliphatic heterocycles. The molecule has 0 unspecified atom stereocenters. The number of carbonyl (C=O) groups is 2. The molecule has 0 N–H and O–H groups in total. The number of nitrogens with zero attached hydrogens (tertiary/aromatic N) is 3. The van der Waals surface area contributed by atoms with Crippen LogP contribution in [0.25, 0.3) is 0 Å². The molecular weight excluding hydrogens is 350 g/mol. The number of rotatable bonds is 5. The van der Waals surface area contributed by atoms with E-state index in [9.17, 15) is 9.59 Å². The SMILES string of the molecule is CC(C)CC(=O)[C@@H]1CCCN(C(=O)c2ccc(N3CCCCCCC3)nc2)C1. The lowest BCUT2D eigenvalue weighted by Crippen LogP contribution is -2.42. The van der Waals surface area contributed by atoms with E-state index in [1.165, 1.54) is 32.1 Å². The van der Waals surface area contributed by atoms with E-state index in [2.05, 4.69) is 23.7 Å². The number of amides is 1. The highest BCUT2D eigenvalue weighted by Gasteiger charge is 2.29. The maximum Gasteiger partial charge on any atom is 0.255 e. The normalized spacial score (nSPS) is 21.3. The zero-order valence-corrected chi connectivity index (χ0v) is 17.5. The Balaban J connectivity index is 1.61. The summed E-state index contributed by atoms with van der Waals surface area (Å²) in [7, 11) is 0. The minimum absolute atomic E-state index is 0.00614. The Bertz CT molecular complexity index is 648. The van der Waals surface area contributed by atoms with Crippen LogP contribution in [0.1, 0.15) is 75.6 Å². The molecule has 0 bridgehead atoms. The topological polar surface area (TPSA) is 53.5 Å². The molecule has 2 fully saturated rings. The summed E-state index contributed by atoms with van der Waals surface area (Å²) in [6.45, 7) is 7.53. The van der Waals surface area contributed by atoms with Gasteiger partial charge in [-0.05, 0) is 43.7 Å². The van der Waals surface area contributed by atoms with Crippen LogP contribution < -0.4 is 4.90 Å². The lowest BCUT2D eigenvalue weighted by atomic mass is 9.89. The maximum atomic E-state index is 12.9. The van der Waals surface area contributed by atoms with Crippen molar-refractivity contribution in [3.63, 3.8) is 0 Å². The first kappa shape index (κ1) is 20.8. The van der Waals surface area contributed by atoms with Crippen molar-refractivity contribution in [2.75, 3.05) is 31.1 Å². The van der Waals surface area contributed by atoms with Gasteiger partial charge in [0.1, 0.15) is 11.6 Å². The smallest absolute Gasteiger partial charge is 0.255 e. The third kappa shape index (κ3) is 5.55. The lowest BCUT2D eigenvalue weighted by Gasteiger charge is -2.32. The average molecular weight is 386 g/mol. The van der Waals surface area contributed by atoms with Crippen molar-refractivity contribution in [1.82, 2.24) is 9.88 Å². The average Bonchev–Trinajstić information content (AvgIpc) is 2.67. The van der Waals surface area contributed by atoms with E-state index >= 15 is 0 Å². The fourth-order valence-corrected chi connectivity index (χ4v) is 4.35. The van der Waals surface area contributed by atoms with Gasteiger partial charge in [0.25, 0.3) is 5.91 Å². The van der Waals surface area contributed by atoms with Crippen molar-refractivity contribution in [3.05, 3.63) is 23.9 Å². The summed E-state index contributed by atoms with van der Waals surface area (Å²) in [4.78, 5) is 34.2. The number of carbonyl (C=O) groups excluding carboxylic acids is 2. The second kappa shape index (κ2) is 10.0. The van der Waals surface area contributed by atoms with Gasteiger partial charge < -0.3 is 9.80 Å². The van der Waals surface area contributed by atoms with Crippen LogP contribution in [0.4, 0.5) is 5.82 Å². The fourth-order valence-electron chi connectivity index (χ4n) is 4.35. The Morgan fingerprint density at radius 1 is 1.04 bits per heavy atom. The Hall–Kier alpha value is -1.91. The van der Waals surface area contributed by atoms with Crippen molar-refractivity contribution >= 4 is 17.5 Å². The van der Waals surface area contributed by atoms with Crippen molar-refractivity contribution in [3.8, 4) is 0 Å². The predicted octanol–water partition coefficient (Wildman–Crippen LogP) is 4.32. The van der Waals surface area contributed by atoms with Crippen molar-refractivity contribution in [2.24, 2.45) is 11.8 Å². The van der Waals surface area contributed by atoms with E-state index in [1.54, 1.807) is 6.20 Å². The molecule has 0 radical (unpaired) electrons. The van der Waals surface area contributed by atoms with Gasteiger partial charge >= 0.3 is 0 Å². The number of likely N-dealkylation sites (tertiary alicyclic amines) is 1. The summed E-state index contributed by atoms with van der Waals surface area (Å²) in [5.41, 5.74) is 0.632. The highest BCUT2D eigenvalue weighted by molar-refractivity contribution is 5.94. The lowest BCUT2D eigenvalue weighted by molar-refractivity contribution is -0.124. The Morgan fingerprint density at radius 2 is 1.75 bits per heavy atom. The van der Waals surface area contributed by atoms with Gasteiger partial charge in [-0.2, -0.15) is 0 Å². The van der Waals surface area contributed by atoms with Crippen LogP contribution in [-0.4, -0.2) is 47.8 Å². The molecule has 1 aromatic heterocycles. The summed E-state index contributed by atoms with van der Waals surface area (Å²) >= 11 is 0. The summed E-state index contributed by atoms with van der Waals surface area (Å²) in [6, 6.07) is 3.89. The molecule has 1 atom stereocenters. The van der Waals surface area contributed by atoms with E-state index in [0.717, 1.165) is 38.3 Å². The first-order valence-electron chi connectivity index (χ1n) is 11.1. The molecular formula is C23H35N3O2. The van der Waals surface area contributed by atoms with Gasteiger partial charge in [0.15, 0.2) is 0 Å². The number of anilines is 1. The van der Waals surface area contributed by atoms with Crippen molar-refractivity contribution in [1.29, 1.82) is 0 Å². The molecule has 0 saturated carbocycles. The fraction of sp³-hybridized carbons (Fsp3) is 0.696. The quantitative estimate of drug-likeness (QED) is 0.757. The largest absolute Gasteiger partial charge is 0.357 e. The van der Waals surface area contributed by atoms with Gasteiger partial charge in [-0.25, -0.2) is 4.98 Å².